The topological polar surface area (TPSA) is 49.7 Å². The van der Waals surface area contributed by atoms with E-state index in [0.29, 0.717) is 5.92 Å². The van der Waals surface area contributed by atoms with Gasteiger partial charge >= 0.3 is 0 Å². The molecule has 84 valence electrons. The first-order valence-electron chi connectivity index (χ1n) is 5.25. The summed E-state index contributed by atoms with van der Waals surface area (Å²) < 4.78 is 0. The summed E-state index contributed by atoms with van der Waals surface area (Å²) in [7, 11) is 0. The fourth-order valence-electron chi connectivity index (χ4n) is 1.98. The predicted octanol–water partition coefficient (Wildman–Crippen LogP) is 2.52. The SMILES string of the molecule is O=C=NC(c1ccc(O)cc1)C1CCSC1. The molecule has 0 bridgehead atoms. The van der Waals surface area contributed by atoms with Gasteiger partial charge in [0.1, 0.15) is 5.75 Å². The van der Waals surface area contributed by atoms with Crippen molar-refractivity contribution in [1.82, 2.24) is 0 Å². The number of rotatable bonds is 3. The van der Waals surface area contributed by atoms with Crippen LogP contribution in [0.25, 0.3) is 0 Å². The van der Waals surface area contributed by atoms with E-state index in [1.54, 1.807) is 18.2 Å². The van der Waals surface area contributed by atoms with E-state index in [-0.39, 0.29) is 11.8 Å². The number of aliphatic imine (C=N–C) groups is 1. The van der Waals surface area contributed by atoms with Gasteiger partial charge in [-0.15, -0.1) is 0 Å². The fourth-order valence-corrected chi connectivity index (χ4v) is 3.27. The molecule has 0 saturated carbocycles. The monoisotopic (exact) mass is 235 g/mol. The number of nitrogens with zero attached hydrogens (tertiary/aromatic N) is 1. The molecule has 1 aliphatic heterocycles. The lowest BCUT2D eigenvalue weighted by molar-refractivity contribution is 0.467. The minimum Gasteiger partial charge on any atom is -0.508 e. The Morgan fingerprint density at radius 2 is 2.19 bits per heavy atom. The average molecular weight is 235 g/mol. The van der Waals surface area contributed by atoms with Crippen molar-refractivity contribution in [1.29, 1.82) is 0 Å². The summed E-state index contributed by atoms with van der Waals surface area (Å²) in [5.41, 5.74) is 0.980. The molecule has 1 saturated heterocycles. The first-order valence-corrected chi connectivity index (χ1v) is 6.40. The summed E-state index contributed by atoms with van der Waals surface area (Å²) in [4.78, 5) is 14.4. The van der Waals surface area contributed by atoms with E-state index >= 15 is 0 Å². The molecule has 2 atom stereocenters. The molecule has 16 heavy (non-hydrogen) atoms. The summed E-state index contributed by atoms with van der Waals surface area (Å²) in [6.07, 6.45) is 2.75. The van der Waals surface area contributed by atoms with Crippen LogP contribution in [0.5, 0.6) is 5.75 Å². The number of hydrogen-bond donors (Lipinski definition) is 1. The molecule has 4 heteroatoms. The van der Waals surface area contributed by atoms with Crippen molar-refractivity contribution in [3.05, 3.63) is 29.8 Å². The van der Waals surface area contributed by atoms with E-state index in [0.717, 1.165) is 23.5 Å². The molecule has 1 aromatic carbocycles. The van der Waals surface area contributed by atoms with Crippen LogP contribution in [0.4, 0.5) is 0 Å². The number of aromatic hydroxyl groups is 1. The Morgan fingerprint density at radius 3 is 2.75 bits per heavy atom. The fraction of sp³-hybridized carbons (Fsp3) is 0.417. The van der Waals surface area contributed by atoms with Crippen LogP contribution < -0.4 is 0 Å². The van der Waals surface area contributed by atoms with Crippen molar-refractivity contribution in [2.24, 2.45) is 10.9 Å². The summed E-state index contributed by atoms with van der Waals surface area (Å²) >= 11 is 1.89. The van der Waals surface area contributed by atoms with E-state index in [1.807, 2.05) is 23.9 Å². The van der Waals surface area contributed by atoms with Crippen LogP contribution in [-0.2, 0) is 4.79 Å². The zero-order chi connectivity index (χ0) is 11.4. The highest BCUT2D eigenvalue weighted by molar-refractivity contribution is 7.99. The van der Waals surface area contributed by atoms with Crippen LogP contribution in [0, 0.1) is 5.92 Å². The molecule has 2 unspecified atom stereocenters. The van der Waals surface area contributed by atoms with Crippen molar-refractivity contribution in [2.45, 2.75) is 12.5 Å². The van der Waals surface area contributed by atoms with Gasteiger partial charge in [0.05, 0.1) is 6.04 Å². The molecular formula is C12H13NO2S. The molecule has 1 aliphatic rings. The van der Waals surface area contributed by atoms with Gasteiger partial charge in [-0.25, -0.2) is 4.79 Å². The molecule has 1 heterocycles. The molecule has 0 aromatic heterocycles. The van der Waals surface area contributed by atoms with Crippen molar-refractivity contribution in [2.75, 3.05) is 11.5 Å². The molecular weight excluding hydrogens is 222 g/mol. The van der Waals surface area contributed by atoms with Gasteiger partial charge in [0.15, 0.2) is 0 Å². The lowest BCUT2D eigenvalue weighted by atomic mass is 9.93. The van der Waals surface area contributed by atoms with Crippen molar-refractivity contribution in [3.8, 4) is 5.75 Å². The van der Waals surface area contributed by atoms with Gasteiger partial charge in [-0.05, 0) is 41.5 Å². The first-order chi connectivity index (χ1) is 7.81. The maximum absolute atomic E-state index is 10.5. The van der Waals surface area contributed by atoms with E-state index in [1.165, 1.54) is 0 Å². The van der Waals surface area contributed by atoms with Crippen molar-refractivity contribution in [3.63, 3.8) is 0 Å². The van der Waals surface area contributed by atoms with Gasteiger partial charge in [-0.2, -0.15) is 16.8 Å². The number of thioether (sulfide) groups is 1. The van der Waals surface area contributed by atoms with Gasteiger partial charge in [-0.1, -0.05) is 12.1 Å². The maximum Gasteiger partial charge on any atom is 0.235 e. The highest BCUT2D eigenvalue weighted by Crippen LogP contribution is 2.36. The quantitative estimate of drug-likeness (QED) is 0.647. The second-order valence-corrected chi connectivity index (χ2v) is 5.03. The minimum absolute atomic E-state index is 0.104. The Bertz CT molecular complexity index is 392. The first kappa shape index (κ1) is 11.2. The standard InChI is InChI=1S/C12H13NO2S/c14-8-13-12(10-5-6-16-7-10)9-1-3-11(15)4-2-9/h1-4,10,12,15H,5-7H2. The Labute approximate surface area is 98.6 Å². The number of hydrogen-bond acceptors (Lipinski definition) is 4. The second kappa shape index (κ2) is 5.19. The van der Waals surface area contributed by atoms with Gasteiger partial charge in [0.2, 0.25) is 6.08 Å². The largest absolute Gasteiger partial charge is 0.508 e. The van der Waals surface area contributed by atoms with Crippen LogP contribution in [0.2, 0.25) is 0 Å². The van der Waals surface area contributed by atoms with Crippen LogP contribution in [-0.4, -0.2) is 22.7 Å². The van der Waals surface area contributed by atoms with E-state index in [4.69, 9.17) is 0 Å². The molecule has 1 N–H and O–H groups in total. The minimum atomic E-state index is -0.104. The highest BCUT2D eigenvalue weighted by Gasteiger charge is 2.26. The van der Waals surface area contributed by atoms with Gasteiger partial charge in [-0.3, -0.25) is 0 Å². The summed E-state index contributed by atoms with van der Waals surface area (Å²) in [5.74, 6) is 2.82. The third-order valence-corrected chi connectivity index (χ3v) is 4.03. The van der Waals surface area contributed by atoms with Crippen LogP contribution in [0.1, 0.15) is 18.0 Å². The molecule has 1 fully saturated rings. The van der Waals surface area contributed by atoms with Gasteiger partial charge in [0, 0.05) is 0 Å². The summed E-state index contributed by atoms with van der Waals surface area (Å²) in [5, 5.41) is 9.22. The van der Waals surface area contributed by atoms with Crippen LogP contribution in [0.3, 0.4) is 0 Å². The number of isocyanates is 1. The second-order valence-electron chi connectivity index (χ2n) is 3.88. The Kier molecular flexibility index (Phi) is 3.65. The maximum atomic E-state index is 10.5. The highest BCUT2D eigenvalue weighted by atomic mass is 32.2. The molecule has 1 aromatic rings. The average Bonchev–Trinajstić information content (AvgIpc) is 2.81. The summed E-state index contributed by atoms with van der Waals surface area (Å²) in [6, 6.07) is 6.80. The normalized spacial score (nSPS) is 21.4. The Morgan fingerprint density at radius 1 is 1.44 bits per heavy atom. The van der Waals surface area contributed by atoms with Crippen LogP contribution in [0.15, 0.2) is 29.3 Å². The van der Waals surface area contributed by atoms with E-state index < -0.39 is 0 Å². The number of phenolic OH excluding ortho intramolecular Hbond substituents is 1. The Balaban J connectivity index is 2.24. The number of carbonyl (C=O) groups excluding carboxylic acids is 1. The van der Waals surface area contributed by atoms with E-state index in [9.17, 15) is 9.90 Å². The van der Waals surface area contributed by atoms with Crippen LogP contribution >= 0.6 is 11.8 Å². The zero-order valence-corrected chi connectivity index (χ0v) is 9.61. The molecule has 0 spiro atoms. The van der Waals surface area contributed by atoms with Gasteiger partial charge in [0.25, 0.3) is 0 Å². The van der Waals surface area contributed by atoms with E-state index in [2.05, 4.69) is 4.99 Å². The Hall–Kier alpha value is -1.25. The number of phenols is 1. The van der Waals surface area contributed by atoms with Crippen molar-refractivity contribution >= 4 is 17.8 Å². The molecule has 0 radical (unpaired) electrons. The molecule has 0 aliphatic carbocycles. The lowest BCUT2D eigenvalue weighted by Gasteiger charge is -2.17. The van der Waals surface area contributed by atoms with Gasteiger partial charge < -0.3 is 5.11 Å². The number of benzene rings is 1. The smallest absolute Gasteiger partial charge is 0.235 e. The molecule has 2 rings (SSSR count). The third-order valence-electron chi connectivity index (χ3n) is 2.84. The summed E-state index contributed by atoms with van der Waals surface area (Å²) in [6.45, 7) is 0. The predicted molar refractivity (Wildman–Crippen MR) is 64.4 cm³/mol. The molecule has 0 amide bonds. The zero-order valence-electron chi connectivity index (χ0n) is 8.80. The van der Waals surface area contributed by atoms with Crippen molar-refractivity contribution < 1.29 is 9.90 Å². The third kappa shape index (κ3) is 2.46. The lowest BCUT2D eigenvalue weighted by Crippen LogP contribution is -2.10. The molecule has 3 nitrogen and oxygen atoms in total.